The molecule has 0 saturated heterocycles. The van der Waals surface area contributed by atoms with E-state index in [0.29, 0.717) is 0 Å². The molecule has 7 heteroatoms. The van der Waals surface area contributed by atoms with Gasteiger partial charge in [0.1, 0.15) is 0 Å². The second-order valence-corrected chi connectivity index (χ2v) is 0.634. The largest absolute Gasteiger partial charge is 0.316 e. The van der Waals surface area contributed by atoms with Crippen molar-refractivity contribution in [2.24, 2.45) is 0 Å². The maximum absolute atomic E-state index is 9.21. The van der Waals surface area contributed by atoms with Crippen molar-refractivity contribution >= 4 is 73.1 Å². The summed E-state index contributed by atoms with van der Waals surface area (Å²) in [5.74, 6) is 0. The first-order valence-electron chi connectivity index (χ1n) is 1.26. The molecule has 0 saturated carbocycles. The van der Waals surface area contributed by atoms with E-state index in [2.05, 4.69) is 4.74 Å². The zero-order valence-corrected chi connectivity index (χ0v) is 3.12. The minimum Gasteiger partial charge on any atom is 0.316 e. The Morgan fingerprint density at radius 1 is 1.11 bits per heavy atom. The molecule has 2 N–H and O–H groups in total. The summed E-state index contributed by atoms with van der Waals surface area (Å²) < 4.78 is 3.08. The molecule has 0 heterocycles. The molecule has 0 bridgehead atoms. The zero-order valence-electron chi connectivity index (χ0n) is 3.12. The van der Waals surface area contributed by atoms with Gasteiger partial charge in [0.25, 0.3) is 0 Å². The number of hydrogen-bond donors (Lipinski definition) is 2. The molecule has 0 aromatic heterocycles. The van der Waals surface area contributed by atoms with Gasteiger partial charge in [-0.25, -0.2) is 9.59 Å². The smallest absolute Gasteiger partial charge is 0.316 e. The van der Waals surface area contributed by atoms with E-state index >= 15 is 0 Å². The molecule has 0 aliphatic carbocycles. The summed E-state index contributed by atoms with van der Waals surface area (Å²) in [5, 5.41) is 15.0. The van der Waals surface area contributed by atoms with Gasteiger partial charge in [-0.1, -0.05) is 0 Å². The molecule has 0 amide bonds. The van der Waals surface area contributed by atoms with Crippen LogP contribution >= 0.6 is 0 Å². The van der Waals surface area contributed by atoms with Crippen LogP contribution < -0.4 is 0 Å². The van der Waals surface area contributed by atoms with E-state index < -0.39 is 12.3 Å². The van der Waals surface area contributed by atoms with E-state index in [4.69, 9.17) is 10.2 Å². The van der Waals surface area contributed by atoms with Gasteiger partial charge in [-0.05, 0) is 0 Å². The topological polar surface area (TPSA) is 83.8 Å². The van der Waals surface area contributed by atoms with E-state index in [1.54, 1.807) is 0 Å². The van der Waals surface area contributed by atoms with Crippen LogP contribution in [0.1, 0.15) is 0 Å². The summed E-state index contributed by atoms with van der Waals surface area (Å²) in [5.41, 5.74) is 0. The minimum absolute atomic E-state index is 0. The van der Waals surface area contributed by atoms with Crippen LogP contribution in [0.5, 0.6) is 0 Å². The first-order valence-corrected chi connectivity index (χ1v) is 1.26. The molecule has 0 aliphatic heterocycles. The van der Waals surface area contributed by atoms with Gasteiger partial charge >= 0.3 is 73.1 Å². The summed E-state index contributed by atoms with van der Waals surface area (Å²) in [6.45, 7) is 0. The van der Waals surface area contributed by atoms with Crippen LogP contribution in [0.15, 0.2) is 0 Å². The number of carboxylic acid groups (broad SMARTS) is 2. The first kappa shape index (κ1) is 16.4. The molecule has 0 spiro atoms. The van der Waals surface area contributed by atoms with Crippen molar-refractivity contribution in [3.63, 3.8) is 0 Å². The molecule has 48 valence electrons. The number of rotatable bonds is 0. The van der Waals surface area contributed by atoms with Gasteiger partial charge in [0, 0.05) is 0 Å². The molecule has 0 atom stereocenters. The monoisotopic (exact) mass is 174 g/mol. The summed E-state index contributed by atoms with van der Waals surface area (Å²) >= 11 is 0. The Kier molecular flexibility index (Phi) is 16.0. The molecular weight excluding hydrogens is 168 g/mol. The Morgan fingerprint density at radius 2 is 1.33 bits per heavy atom. The molecule has 9 heavy (non-hydrogen) atoms. The zero-order chi connectivity index (χ0) is 5.86. The van der Waals surface area contributed by atoms with Crippen LogP contribution in [0.25, 0.3) is 0 Å². The van der Waals surface area contributed by atoms with Crippen molar-refractivity contribution in [3.05, 3.63) is 0 Å². The number of hydrogen-bond acceptors (Lipinski definition) is 3. The van der Waals surface area contributed by atoms with E-state index in [9.17, 15) is 9.59 Å². The van der Waals surface area contributed by atoms with Crippen LogP contribution in [0, 0.1) is 0 Å². The molecule has 5 nitrogen and oxygen atoms in total. The molecule has 0 rings (SSSR count). The van der Waals surface area contributed by atoms with Gasteiger partial charge in [-0.3, -0.25) is 0 Å². The van der Waals surface area contributed by atoms with Crippen molar-refractivity contribution in [3.8, 4) is 0 Å². The fourth-order valence-corrected chi connectivity index (χ4v) is 0.0747. The normalized spacial score (nSPS) is 5.78. The molecule has 0 aromatic rings. The summed E-state index contributed by atoms with van der Waals surface area (Å²) in [7, 11) is 0. The summed E-state index contributed by atoms with van der Waals surface area (Å²) in [6.07, 6.45) is -3.62. The third kappa shape index (κ3) is 17.7. The Bertz CT molecular complexity index is 91.1. The van der Waals surface area contributed by atoms with Crippen molar-refractivity contribution < 1.29 is 24.5 Å². The number of carbonyl (C=O) groups is 2. The predicted molar refractivity (Wildman–Crippen MR) is 34.2 cm³/mol. The predicted octanol–water partition coefficient (Wildman–Crippen LogP) is -1.47. The van der Waals surface area contributed by atoms with Crippen LogP contribution in [-0.4, -0.2) is 83.3 Å². The minimum atomic E-state index is -1.81. The van der Waals surface area contributed by atoms with Gasteiger partial charge < -0.3 is 14.9 Å². The third-order valence-corrected chi connectivity index (χ3v) is 0.175. The first-order chi connectivity index (χ1) is 3.13. The van der Waals surface area contributed by atoms with Crippen molar-refractivity contribution in [1.29, 1.82) is 0 Å². The average Bonchev–Trinajstić information content (AvgIpc) is 1.27. The third-order valence-electron chi connectivity index (χ3n) is 0.175. The van der Waals surface area contributed by atoms with Crippen molar-refractivity contribution in [2.75, 3.05) is 0 Å². The average molecular weight is 174 g/mol. The van der Waals surface area contributed by atoms with Gasteiger partial charge in [-0.15, -0.1) is 0 Å². The molecule has 0 radical (unpaired) electrons. The van der Waals surface area contributed by atoms with E-state index in [-0.39, 0.29) is 60.8 Å². The van der Waals surface area contributed by atoms with Crippen LogP contribution in [0.2, 0.25) is 0 Å². The molecule has 0 aromatic carbocycles. The Hall–Kier alpha value is 0.766. The second kappa shape index (κ2) is 8.77. The second-order valence-electron chi connectivity index (χ2n) is 0.634. The van der Waals surface area contributed by atoms with Gasteiger partial charge in [0.2, 0.25) is 0 Å². The quantitative estimate of drug-likeness (QED) is 0.266. The van der Waals surface area contributed by atoms with E-state index in [0.717, 1.165) is 0 Å². The Morgan fingerprint density at radius 3 is 1.33 bits per heavy atom. The standard InChI is InChI=1S/C2H2O5.Ca.Mg.4H/c3-1(4)7-2(5)6;;;;;;/h(H,3,4)(H,5,6);;;;;;. The molecule has 0 aliphatic rings. The Balaban J connectivity index is -0.000000180. The van der Waals surface area contributed by atoms with Gasteiger partial charge in [0.05, 0.1) is 0 Å². The summed E-state index contributed by atoms with van der Waals surface area (Å²) in [4.78, 5) is 18.4. The van der Waals surface area contributed by atoms with E-state index in [1.807, 2.05) is 0 Å². The molecule has 0 fully saturated rings. The fourth-order valence-electron chi connectivity index (χ4n) is 0.0747. The molecule has 0 unspecified atom stereocenters. The number of ether oxygens (including phenoxy) is 1. The van der Waals surface area contributed by atoms with Crippen LogP contribution in [0.3, 0.4) is 0 Å². The Labute approximate surface area is 96.5 Å². The van der Waals surface area contributed by atoms with Gasteiger partial charge in [0.15, 0.2) is 0 Å². The maximum Gasteiger partial charge on any atom is 0.316 e. The van der Waals surface area contributed by atoms with Gasteiger partial charge in [-0.2, -0.15) is 0 Å². The summed E-state index contributed by atoms with van der Waals surface area (Å²) in [6, 6.07) is 0. The maximum atomic E-state index is 9.21. The van der Waals surface area contributed by atoms with Crippen molar-refractivity contribution in [2.45, 2.75) is 0 Å². The van der Waals surface area contributed by atoms with Crippen LogP contribution in [0.4, 0.5) is 9.59 Å². The van der Waals surface area contributed by atoms with Crippen LogP contribution in [-0.2, 0) is 4.74 Å². The molecular formula is C2H6CaMgO5. The van der Waals surface area contributed by atoms with Crippen molar-refractivity contribution in [1.82, 2.24) is 0 Å². The van der Waals surface area contributed by atoms with E-state index in [1.165, 1.54) is 0 Å². The fraction of sp³-hybridized carbons (Fsp3) is 0. The SMILES string of the molecule is O=C(O)OC(=O)O.[CaH2].[MgH2].